The number of hydrogen-bond donors (Lipinski definition) is 1. The van der Waals surface area contributed by atoms with E-state index in [0.29, 0.717) is 0 Å². The number of nitrogens with one attached hydrogen (secondary N) is 1. The Kier molecular flexibility index (Phi) is 5.50. The van der Waals surface area contributed by atoms with Crippen LogP contribution in [0, 0.1) is 5.82 Å². The SMILES string of the molecule is C=CCC(NCCC)c1cccc(F)c1Cl. The molecule has 0 saturated carbocycles. The van der Waals surface area contributed by atoms with Crippen LogP contribution in [0.1, 0.15) is 31.4 Å². The molecule has 16 heavy (non-hydrogen) atoms. The standard InChI is InChI=1S/C13H17ClFN/c1-3-6-12(16-9-4-2)10-7-5-8-11(15)13(10)14/h3,5,7-8,12,16H,1,4,6,9H2,2H3. The Hall–Kier alpha value is -0.860. The second-order valence-corrected chi connectivity index (χ2v) is 4.05. The van der Waals surface area contributed by atoms with E-state index in [0.717, 1.165) is 24.9 Å². The maximum absolute atomic E-state index is 13.3. The minimum absolute atomic E-state index is 0.0423. The van der Waals surface area contributed by atoms with Gasteiger partial charge in [-0.3, -0.25) is 0 Å². The molecule has 1 aromatic carbocycles. The van der Waals surface area contributed by atoms with Crippen LogP contribution in [-0.2, 0) is 0 Å². The van der Waals surface area contributed by atoms with Crippen molar-refractivity contribution < 1.29 is 4.39 Å². The third-order valence-electron chi connectivity index (χ3n) is 2.40. The van der Waals surface area contributed by atoms with Crippen molar-refractivity contribution in [3.05, 3.63) is 47.3 Å². The van der Waals surface area contributed by atoms with Crippen molar-refractivity contribution in [1.29, 1.82) is 0 Å². The summed E-state index contributed by atoms with van der Waals surface area (Å²) in [7, 11) is 0. The lowest BCUT2D eigenvalue weighted by molar-refractivity contribution is 0.532. The van der Waals surface area contributed by atoms with Gasteiger partial charge in [-0.25, -0.2) is 4.39 Å². The smallest absolute Gasteiger partial charge is 0.142 e. The fourth-order valence-electron chi connectivity index (χ4n) is 1.60. The highest BCUT2D eigenvalue weighted by atomic mass is 35.5. The molecular weight excluding hydrogens is 225 g/mol. The summed E-state index contributed by atoms with van der Waals surface area (Å²) in [6.45, 7) is 6.68. The van der Waals surface area contributed by atoms with Crippen LogP contribution < -0.4 is 5.32 Å². The Morgan fingerprint density at radius 3 is 2.94 bits per heavy atom. The predicted octanol–water partition coefficient (Wildman–Crippen LogP) is 4.10. The van der Waals surface area contributed by atoms with Gasteiger partial charge in [0.05, 0.1) is 5.02 Å². The fourth-order valence-corrected chi connectivity index (χ4v) is 1.85. The number of halogens is 2. The van der Waals surface area contributed by atoms with E-state index in [4.69, 9.17) is 11.6 Å². The summed E-state index contributed by atoms with van der Waals surface area (Å²) in [5.41, 5.74) is 0.801. The van der Waals surface area contributed by atoms with Gasteiger partial charge in [-0.05, 0) is 31.0 Å². The average molecular weight is 242 g/mol. The molecule has 1 nitrogen and oxygen atoms in total. The van der Waals surface area contributed by atoms with E-state index >= 15 is 0 Å². The third kappa shape index (κ3) is 3.32. The summed E-state index contributed by atoms with van der Waals surface area (Å²) in [5.74, 6) is -0.369. The quantitative estimate of drug-likeness (QED) is 0.740. The van der Waals surface area contributed by atoms with Gasteiger partial charge in [0, 0.05) is 6.04 Å². The molecule has 0 heterocycles. The molecule has 0 spiro atoms. The van der Waals surface area contributed by atoms with Crippen molar-refractivity contribution in [2.75, 3.05) is 6.54 Å². The zero-order valence-electron chi connectivity index (χ0n) is 9.47. The molecular formula is C13H17ClFN. The van der Waals surface area contributed by atoms with E-state index in [1.807, 2.05) is 12.1 Å². The van der Waals surface area contributed by atoms with Crippen LogP contribution in [0.2, 0.25) is 5.02 Å². The van der Waals surface area contributed by atoms with Crippen LogP contribution in [0.3, 0.4) is 0 Å². The van der Waals surface area contributed by atoms with E-state index in [9.17, 15) is 4.39 Å². The normalized spacial score (nSPS) is 12.4. The minimum atomic E-state index is -0.369. The molecule has 0 saturated heterocycles. The second-order valence-electron chi connectivity index (χ2n) is 3.67. The van der Waals surface area contributed by atoms with E-state index in [-0.39, 0.29) is 16.9 Å². The van der Waals surface area contributed by atoms with Gasteiger partial charge in [-0.15, -0.1) is 6.58 Å². The molecule has 0 fully saturated rings. The van der Waals surface area contributed by atoms with Gasteiger partial charge in [0.1, 0.15) is 5.82 Å². The first kappa shape index (κ1) is 13.2. The molecule has 1 aromatic rings. The van der Waals surface area contributed by atoms with E-state index in [2.05, 4.69) is 18.8 Å². The largest absolute Gasteiger partial charge is 0.310 e. The number of hydrogen-bond acceptors (Lipinski definition) is 1. The molecule has 0 aliphatic rings. The Morgan fingerprint density at radius 2 is 2.31 bits per heavy atom. The van der Waals surface area contributed by atoms with Gasteiger partial charge < -0.3 is 5.32 Å². The van der Waals surface area contributed by atoms with Gasteiger partial charge in [0.25, 0.3) is 0 Å². The summed E-state index contributed by atoms with van der Waals surface area (Å²) in [6.07, 6.45) is 3.58. The third-order valence-corrected chi connectivity index (χ3v) is 2.80. The molecule has 1 N–H and O–H groups in total. The van der Waals surface area contributed by atoms with Crippen LogP contribution in [0.4, 0.5) is 4.39 Å². The van der Waals surface area contributed by atoms with Gasteiger partial charge in [-0.2, -0.15) is 0 Å². The van der Waals surface area contributed by atoms with Crippen molar-refractivity contribution >= 4 is 11.6 Å². The fraction of sp³-hybridized carbons (Fsp3) is 0.385. The maximum atomic E-state index is 13.3. The number of rotatable bonds is 6. The molecule has 1 atom stereocenters. The Morgan fingerprint density at radius 1 is 1.56 bits per heavy atom. The molecule has 0 aliphatic carbocycles. The van der Waals surface area contributed by atoms with Crippen LogP contribution in [-0.4, -0.2) is 6.54 Å². The minimum Gasteiger partial charge on any atom is -0.310 e. The van der Waals surface area contributed by atoms with Crippen molar-refractivity contribution in [1.82, 2.24) is 5.32 Å². The topological polar surface area (TPSA) is 12.0 Å². The lowest BCUT2D eigenvalue weighted by Crippen LogP contribution is -2.22. The highest BCUT2D eigenvalue weighted by molar-refractivity contribution is 6.31. The van der Waals surface area contributed by atoms with Crippen molar-refractivity contribution in [2.24, 2.45) is 0 Å². The molecule has 0 bridgehead atoms. The monoisotopic (exact) mass is 241 g/mol. The Bertz CT molecular complexity index is 352. The van der Waals surface area contributed by atoms with Crippen molar-refractivity contribution in [3.63, 3.8) is 0 Å². The van der Waals surface area contributed by atoms with E-state index in [1.54, 1.807) is 6.07 Å². The van der Waals surface area contributed by atoms with Crippen LogP contribution in [0.25, 0.3) is 0 Å². The van der Waals surface area contributed by atoms with Gasteiger partial charge in [-0.1, -0.05) is 36.7 Å². The molecule has 0 aromatic heterocycles. The maximum Gasteiger partial charge on any atom is 0.142 e. The molecule has 88 valence electrons. The van der Waals surface area contributed by atoms with Gasteiger partial charge in [0.2, 0.25) is 0 Å². The molecule has 3 heteroatoms. The molecule has 0 aliphatic heterocycles. The van der Waals surface area contributed by atoms with Crippen LogP contribution in [0.15, 0.2) is 30.9 Å². The molecule has 0 amide bonds. The van der Waals surface area contributed by atoms with E-state index in [1.165, 1.54) is 6.07 Å². The Balaban J connectivity index is 2.91. The highest BCUT2D eigenvalue weighted by Gasteiger charge is 2.14. The first-order chi connectivity index (χ1) is 7.70. The summed E-state index contributed by atoms with van der Waals surface area (Å²) >= 11 is 5.95. The molecule has 1 rings (SSSR count). The zero-order chi connectivity index (χ0) is 12.0. The first-order valence-electron chi connectivity index (χ1n) is 5.48. The highest BCUT2D eigenvalue weighted by Crippen LogP contribution is 2.27. The zero-order valence-corrected chi connectivity index (χ0v) is 10.2. The van der Waals surface area contributed by atoms with Gasteiger partial charge in [0.15, 0.2) is 0 Å². The van der Waals surface area contributed by atoms with Crippen molar-refractivity contribution in [3.8, 4) is 0 Å². The summed E-state index contributed by atoms with van der Waals surface area (Å²) < 4.78 is 13.3. The average Bonchev–Trinajstić information content (AvgIpc) is 2.28. The Labute approximate surface area is 101 Å². The molecule has 0 radical (unpaired) electrons. The lowest BCUT2D eigenvalue weighted by atomic mass is 10.0. The second kappa shape index (κ2) is 6.66. The van der Waals surface area contributed by atoms with E-state index < -0.39 is 0 Å². The summed E-state index contributed by atoms with van der Waals surface area (Å²) in [6, 6.07) is 4.94. The lowest BCUT2D eigenvalue weighted by Gasteiger charge is -2.18. The summed E-state index contributed by atoms with van der Waals surface area (Å²) in [4.78, 5) is 0. The molecule has 1 unspecified atom stereocenters. The van der Waals surface area contributed by atoms with Gasteiger partial charge >= 0.3 is 0 Å². The predicted molar refractivity (Wildman–Crippen MR) is 67.3 cm³/mol. The summed E-state index contributed by atoms with van der Waals surface area (Å²) in [5, 5.41) is 3.54. The van der Waals surface area contributed by atoms with Crippen LogP contribution >= 0.6 is 11.6 Å². The first-order valence-corrected chi connectivity index (χ1v) is 5.86. The number of benzene rings is 1. The van der Waals surface area contributed by atoms with Crippen LogP contribution in [0.5, 0.6) is 0 Å². The van der Waals surface area contributed by atoms with Crippen molar-refractivity contribution in [2.45, 2.75) is 25.8 Å².